The van der Waals surface area contributed by atoms with E-state index in [-0.39, 0.29) is 6.54 Å². The average molecular weight is 481 g/mol. The maximum atomic E-state index is 14.1. The number of carbonyl (C=O) groups is 2. The predicted molar refractivity (Wildman–Crippen MR) is 128 cm³/mol. The third-order valence-electron chi connectivity index (χ3n) is 6.14. The first-order chi connectivity index (χ1) is 15.6. The summed E-state index contributed by atoms with van der Waals surface area (Å²) in [5.74, 6) is -1.99. The van der Waals surface area contributed by atoms with Crippen LogP contribution in [0.4, 0.5) is 11.4 Å². The predicted octanol–water partition coefficient (Wildman–Crippen LogP) is 4.12. The Morgan fingerprint density at radius 3 is 2.24 bits per heavy atom. The smallest absolute Gasteiger partial charge is 0.274 e. The van der Waals surface area contributed by atoms with Gasteiger partial charge in [0.15, 0.2) is 9.84 Å². The molecule has 33 heavy (non-hydrogen) atoms. The number of halogens is 1. The van der Waals surface area contributed by atoms with Crippen LogP contribution in [0.1, 0.15) is 22.3 Å². The molecular formula is C25H21ClN2O4S. The number of sulfone groups is 1. The highest BCUT2D eigenvalue weighted by molar-refractivity contribution is 7.94. The van der Waals surface area contributed by atoms with Crippen LogP contribution in [-0.4, -0.2) is 26.0 Å². The van der Waals surface area contributed by atoms with Crippen LogP contribution in [0.25, 0.3) is 0 Å². The standard InChI is InChI=1S/C25H21ClN2O4S/c1-16-11-17(2)13-20(12-16)28-23(29)15-33(31,32)25(28)21-5-3-4-6-22(21)27(24(25)30)14-18-7-9-19(26)10-8-18/h3-13H,14-15H2,1-2H3/t25-/m0/s1. The number of carbonyl (C=O) groups excluding carboxylic acids is 2. The summed E-state index contributed by atoms with van der Waals surface area (Å²) in [5.41, 5.74) is 3.71. The highest BCUT2D eigenvalue weighted by Crippen LogP contribution is 2.52. The number of hydrogen-bond acceptors (Lipinski definition) is 4. The molecular weight excluding hydrogens is 460 g/mol. The molecule has 0 N–H and O–H groups in total. The molecule has 0 aliphatic carbocycles. The third kappa shape index (κ3) is 3.10. The minimum absolute atomic E-state index is 0.152. The molecule has 8 heteroatoms. The molecule has 5 rings (SSSR count). The van der Waals surface area contributed by atoms with Crippen molar-refractivity contribution in [3.63, 3.8) is 0 Å². The summed E-state index contributed by atoms with van der Waals surface area (Å²) in [6.07, 6.45) is 0. The first-order valence-electron chi connectivity index (χ1n) is 10.4. The molecule has 6 nitrogen and oxygen atoms in total. The Bertz CT molecular complexity index is 1400. The normalized spacial score (nSPS) is 21.2. The summed E-state index contributed by atoms with van der Waals surface area (Å²) >= 11 is 6.00. The van der Waals surface area contributed by atoms with Crippen molar-refractivity contribution in [3.05, 3.63) is 94.0 Å². The fraction of sp³-hybridized carbons (Fsp3) is 0.200. The molecule has 0 saturated carbocycles. The molecule has 2 aliphatic heterocycles. The lowest BCUT2D eigenvalue weighted by Gasteiger charge is -2.33. The lowest BCUT2D eigenvalue weighted by molar-refractivity contribution is -0.123. The minimum Gasteiger partial charge on any atom is -0.304 e. The molecule has 3 aromatic carbocycles. The second kappa shape index (κ2) is 7.43. The highest BCUT2D eigenvalue weighted by Gasteiger charge is 2.69. The number of benzene rings is 3. The van der Waals surface area contributed by atoms with Gasteiger partial charge in [-0.2, -0.15) is 0 Å². The molecule has 0 aromatic heterocycles. The van der Waals surface area contributed by atoms with E-state index in [1.165, 1.54) is 9.80 Å². The van der Waals surface area contributed by atoms with E-state index in [4.69, 9.17) is 11.6 Å². The third-order valence-corrected chi connectivity index (χ3v) is 8.50. The lowest BCUT2D eigenvalue weighted by atomic mass is 10.0. The van der Waals surface area contributed by atoms with Gasteiger partial charge in [0, 0.05) is 16.3 Å². The first kappa shape index (κ1) is 21.7. The summed E-state index contributed by atoms with van der Waals surface area (Å²) in [7, 11) is -4.19. The van der Waals surface area contributed by atoms with Crippen molar-refractivity contribution in [1.29, 1.82) is 0 Å². The van der Waals surface area contributed by atoms with Gasteiger partial charge in [-0.15, -0.1) is 0 Å². The van der Waals surface area contributed by atoms with E-state index >= 15 is 0 Å². The molecule has 0 bridgehead atoms. The second-order valence-electron chi connectivity index (χ2n) is 8.51. The van der Waals surface area contributed by atoms with E-state index in [0.29, 0.717) is 22.0 Å². The van der Waals surface area contributed by atoms with Crippen molar-refractivity contribution in [3.8, 4) is 0 Å². The maximum absolute atomic E-state index is 14.1. The van der Waals surface area contributed by atoms with E-state index < -0.39 is 32.3 Å². The van der Waals surface area contributed by atoms with Gasteiger partial charge in [0.05, 0.1) is 12.2 Å². The van der Waals surface area contributed by atoms with Gasteiger partial charge in [0.25, 0.3) is 10.8 Å². The van der Waals surface area contributed by atoms with E-state index in [1.54, 1.807) is 60.7 Å². The Balaban J connectivity index is 1.74. The summed E-state index contributed by atoms with van der Waals surface area (Å²) in [5, 5.41) is 0.563. The van der Waals surface area contributed by atoms with Crippen molar-refractivity contribution in [1.82, 2.24) is 0 Å². The molecule has 2 aliphatic rings. The average Bonchev–Trinajstić information content (AvgIpc) is 3.12. The zero-order chi connectivity index (χ0) is 23.5. The van der Waals surface area contributed by atoms with Gasteiger partial charge in [0.1, 0.15) is 5.75 Å². The van der Waals surface area contributed by atoms with Crippen LogP contribution < -0.4 is 9.80 Å². The van der Waals surface area contributed by atoms with Crippen LogP contribution in [0.3, 0.4) is 0 Å². The fourth-order valence-corrected chi connectivity index (χ4v) is 7.06. The number of anilines is 2. The molecule has 1 spiro atoms. The molecule has 0 radical (unpaired) electrons. The number of nitrogens with zero attached hydrogens (tertiary/aromatic N) is 2. The van der Waals surface area contributed by atoms with Crippen molar-refractivity contribution in [2.45, 2.75) is 25.3 Å². The van der Waals surface area contributed by atoms with E-state index in [2.05, 4.69) is 0 Å². The van der Waals surface area contributed by atoms with E-state index in [9.17, 15) is 18.0 Å². The Kier molecular flexibility index (Phi) is 4.88. The fourth-order valence-electron chi connectivity index (χ4n) is 4.90. The molecule has 0 unspecified atom stereocenters. The molecule has 2 amide bonds. The highest BCUT2D eigenvalue weighted by atomic mass is 35.5. The van der Waals surface area contributed by atoms with Gasteiger partial charge in [-0.05, 0) is 60.9 Å². The monoisotopic (exact) mass is 480 g/mol. The maximum Gasteiger partial charge on any atom is 0.274 e. The van der Waals surface area contributed by atoms with Crippen LogP contribution in [0, 0.1) is 13.8 Å². The van der Waals surface area contributed by atoms with Gasteiger partial charge < -0.3 is 4.90 Å². The van der Waals surface area contributed by atoms with E-state index in [0.717, 1.165) is 16.7 Å². The van der Waals surface area contributed by atoms with Crippen molar-refractivity contribution in [2.75, 3.05) is 15.6 Å². The number of rotatable bonds is 3. The molecule has 1 atom stereocenters. The topological polar surface area (TPSA) is 74.8 Å². The SMILES string of the molecule is Cc1cc(C)cc(N2C(=O)CS(=O)(=O)[C@@]23C(=O)N(Cc2ccc(Cl)cc2)c2ccccc23)c1. The lowest BCUT2D eigenvalue weighted by Crippen LogP contribution is -2.54. The Labute approximate surface area is 197 Å². The Hall–Kier alpha value is -3.16. The zero-order valence-corrected chi connectivity index (χ0v) is 19.7. The van der Waals surface area contributed by atoms with Crippen molar-refractivity contribution in [2.24, 2.45) is 0 Å². The largest absolute Gasteiger partial charge is 0.304 e. The zero-order valence-electron chi connectivity index (χ0n) is 18.1. The summed E-state index contributed by atoms with van der Waals surface area (Å²) in [4.78, 5) is 27.8. The summed E-state index contributed by atoms with van der Waals surface area (Å²) < 4.78 is 27.3. The minimum atomic E-state index is -4.19. The molecule has 1 saturated heterocycles. The van der Waals surface area contributed by atoms with Gasteiger partial charge in [-0.1, -0.05) is 48.0 Å². The molecule has 168 valence electrons. The first-order valence-corrected chi connectivity index (χ1v) is 12.5. The van der Waals surface area contributed by atoms with Crippen LogP contribution in [0.15, 0.2) is 66.7 Å². The van der Waals surface area contributed by atoms with Crippen molar-refractivity contribution >= 4 is 44.6 Å². The number of amides is 2. The summed E-state index contributed by atoms with van der Waals surface area (Å²) in [6.45, 7) is 3.89. The number of para-hydroxylation sites is 1. The summed E-state index contributed by atoms with van der Waals surface area (Å²) in [6, 6.07) is 19.2. The molecule has 3 aromatic rings. The van der Waals surface area contributed by atoms with Gasteiger partial charge >= 0.3 is 0 Å². The Morgan fingerprint density at radius 1 is 0.939 bits per heavy atom. The number of hydrogen-bond donors (Lipinski definition) is 0. The number of fused-ring (bicyclic) bond motifs is 2. The second-order valence-corrected chi connectivity index (χ2v) is 11.1. The van der Waals surface area contributed by atoms with Crippen molar-refractivity contribution < 1.29 is 18.0 Å². The molecule has 1 fully saturated rings. The van der Waals surface area contributed by atoms with E-state index in [1.807, 2.05) is 19.9 Å². The number of aryl methyl sites for hydroxylation is 2. The van der Waals surface area contributed by atoms with Crippen LogP contribution in [0.5, 0.6) is 0 Å². The van der Waals surface area contributed by atoms with Crippen LogP contribution in [-0.2, 0) is 30.8 Å². The quantitative estimate of drug-likeness (QED) is 0.565. The Morgan fingerprint density at radius 2 is 1.58 bits per heavy atom. The van der Waals surface area contributed by atoms with Gasteiger partial charge in [-0.25, -0.2) is 8.42 Å². The molecule has 2 heterocycles. The van der Waals surface area contributed by atoms with Gasteiger partial charge in [-0.3, -0.25) is 14.5 Å². The van der Waals surface area contributed by atoms with Gasteiger partial charge in [0.2, 0.25) is 5.91 Å². The van der Waals surface area contributed by atoms with Crippen LogP contribution in [0.2, 0.25) is 5.02 Å². The van der Waals surface area contributed by atoms with Crippen LogP contribution >= 0.6 is 11.6 Å².